The van der Waals surface area contributed by atoms with Crippen LogP contribution in [-0.4, -0.2) is 35.2 Å². The zero-order chi connectivity index (χ0) is 13.1. The van der Waals surface area contributed by atoms with Crippen molar-refractivity contribution in [3.8, 4) is 0 Å². The maximum atomic E-state index is 12.4. The van der Waals surface area contributed by atoms with Gasteiger partial charge in [0.05, 0.1) is 11.1 Å². The van der Waals surface area contributed by atoms with Crippen molar-refractivity contribution in [1.29, 1.82) is 0 Å². The summed E-state index contributed by atoms with van der Waals surface area (Å²) in [7, 11) is 0. The van der Waals surface area contributed by atoms with Crippen molar-refractivity contribution in [2.24, 2.45) is 0 Å². The van der Waals surface area contributed by atoms with Gasteiger partial charge < -0.3 is 15.7 Å². The van der Waals surface area contributed by atoms with Gasteiger partial charge in [-0.1, -0.05) is 26.2 Å². The summed E-state index contributed by atoms with van der Waals surface area (Å²) < 4.78 is 0. The van der Waals surface area contributed by atoms with Crippen LogP contribution >= 0.6 is 0 Å². The largest absolute Gasteiger partial charge is 0.388 e. The molecule has 1 unspecified atom stereocenters. The fraction of sp³-hybridized carbons (Fsp3) is 0.929. The smallest absolute Gasteiger partial charge is 0.240 e. The Morgan fingerprint density at radius 3 is 2.56 bits per heavy atom. The minimum atomic E-state index is -0.651. The number of hydrogen-bond acceptors (Lipinski definition) is 3. The monoisotopic (exact) mass is 254 g/mol. The van der Waals surface area contributed by atoms with Crippen LogP contribution in [0.5, 0.6) is 0 Å². The molecule has 0 aromatic rings. The van der Waals surface area contributed by atoms with Crippen LogP contribution in [0.3, 0.4) is 0 Å². The van der Waals surface area contributed by atoms with Crippen LogP contribution in [0.4, 0.5) is 0 Å². The Morgan fingerprint density at radius 2 is 2.00 bits per heavy atom. The van der Waals surface area contributed by atoms with Crippen molar-refractivity contribution in [3.63, 3.8) is 0 Å². The Morgan fingerprint density at radius 1 is 1.28 bits per heavy atom. The highest BCUT2D eigenvalue weighted by molar-refractivity contribution is 5.86. The highest BCUT2D eigenvalue weighted by atomic mass is 16.3. The molecule has 0 radical (unpaired) electrons. The summed E-state index contributed by atoms with van der Waals surface area (Å²) in [6.45, 7) is 3.45. The lowest BCUT2D eigenvalue weighted by molar-refractivity contribution is -0.128. The average molecular weight is 254 g/mol. The summed E-state index contributed by atoms with van der Waals surface area (Å²) in [4.78, 5) is 12.4. The fourth-order valence-corrected chi connectivity index (χ4v) is 3.38. The van der Waals surface area contributed by atoms with Crippen LogP contribution in [0.1, 0.15) is 58.3 Å². The van der Waals surface area contributed by atoms with Gasteiger partial charge in [0.15, 0.2) is 0 Å². The molecule has 0 spiro atoms. The van der Waals surface area contributed by atoms with Gasteiger partial charge in [-0.25, -0.2) is 0 Å². The van der Waals surface area contributed by atoms with E-state index in [-0.39, 0.29) is 11.4 Å². The first kappa shape index (κ1) is 13.8. The highest BCUT2D eigenvalue weighted by Gasteiger charge is 2.41. The van der Waals surface area contributed by atoms with Gasteiger partial charge in [-0.15, -0.1) is 0 Å². The van der Waals surface area contributed by atoms with Crippen molar-refractivity contribution >= 4 is 5.91 Å². The van der Waals surface area contributed by atoms with Gasteiger partial charge in [0, 0.05) is 6.54 Å². The fourth-order valence-electron chi connectivity index (χ4n) is 3.38. The Balaban J connectivity index is 1.89. The van der Waals surface area contributed by atoms with Crippen molar-refractivity contribution < 1.29 is 9.90 Å². The zero-order valence-electron chi connectivity index (χ0n) is 11.4. The van der Waals surface area contributed by atoms with Gasteiger partial charge in [-0.3, -0.25) is 4.79 Å². The molecule has 1 saturated carbocycles. The van der Waals surface area contributed by atoms with E-state index in [4.69, 9.17) is 0 Å². The van der Waals surface area contributed by atoms with Crippen LogP contribution in [0.25, 0.3) is 0 Å². The minimum absolute atomic E-state index is 0.0853. The van der Waals surface area contributed by atoms with E-state index >= 15 is 0 Å². The molecule has 1 aliphatic carbocycles. The van der Waals surface area contributed by atoms with E-state index in [1.165, 1.54) is 0 Å². The van der Waals surface area contributed by atoms with Gasteiger partial charge in [0.25, 0.3) is 0 Å². The molecule has 1 heterocycles. The van der Waals surface area contributed by atoms with E-state index in [9.17, 15) is 9.90 Å². The van der Waals surface area contributed by atoms with E-state index in [0.717, 1.165) is 57.9 Å². The summed E-state index contributed by atoms with van der Waals surface area (Å²) in [6, 6.07) is 0. The van der Waals surface area contributed by atoms with E-state index in [1.54, 1.807) is 0 Å². The van der Waals surface area contributed by atoms with Gasteiger partial charge >= 0.3 is 0 Å². The van der Waals surface area contributed by atoms with Crippen molar-refractivity contribution in [3.05, 3.63) is 0 Å². The molecule has 1 saturated heterocycles. The summed E-state index contributed by atoms with van der Waals surface area (Å²) in [5, 5.41) is 16.6. The Hall–Kier alpha value is -0.610. The van der Waals surface area contributed by atoms with Gasteiger partial charge in [-0.05, 0) is 38.6 Å². The topological polar surface area (TPSA) is 61.4 Å². The zero-order valence-corrected chi connectivity index (χ0v) is 11.4. The number of hydrogen-bond donors (Lipinski definition) is 3. The number of rotatable bonds is 5. The third-order valence-corrected chi connectivity index (χ3v) is 4.47. The lowest BCUT2D eigenvalue weighted by Gasteiger charge is -2.30. The molecule has 104 valence electrons. The second-order valence-corrected chi connectivity index (χ2v) is 5.98. The molecule has 4 nitrogen and oxygen atoms in total. The maximum Gasteiger partial charge on any atom is 0.240 e. The molecule has 0 aromatic carbocycles. The lowest BCUT2D eigenvalue weighted by atomic mass is 9.90. The second-order valence-electron chi connectivity index (χ2n) is 5.98. The first-order chi connectivity index (χ1) is 8.60. The van der Waals surface area contributed by atoms with Crippen molar-refractivity contribution in [1.82, 2.24) is 10.6 Å². The van der Waals surface area contributed by atoms with Crippen LogP contribution in [0.2, 0.25) is 0 Å². The summed E-state index contributed by atoms with van der Waals surface area (Å²) >= 11 is 0. The number of carbonyl (C=O) groups excluding carboxylic acids is 1. The van der Waals surface area contributed by atoms with Gasteiger partial charge in [0.1, 0.15) is 0 Å². The first-order valence-corrected chi connectivity index (χ1v) is 7.36. The second kappa shape index (κ2) is 5.57. The summed E-state index contributed by atoms with van der Waals surface area (Å²) in [5.74, 6) is 0.0853. The Labute approximate surface area is 110 Å². The molecule has 1 amide bonds. The van der Waals surface area contributed by atoms with E-state index < -0.39 is 5.60 Å². The average Bonchev–Trinajstić information content (AvgIpc) is 2.97. The Bertz CT molecular complexity index is 292. The standard InChI is InChI=1S/C14H26N2O2/c1-2-6-14(9-5-10-16-14)12(17)15-11-13(18)7-3-4-8-13/h16,18H,2-11H2,1H3,(H,15,17). The molecule has 1 aliphatic heterocycles. The summed E-state index contributed by atoms with van der Waals surface area (Å²) in [6.07, 6.45) is 7.67. The predicted molar refractivity (Wildman–Crippen MR) is 71.3 cm³/mol. The van der Waals surface area contributed by atoms with Crippen LogP contribution in [0.15, 0.2) is 0 Å². The Kier molecular flexibility index (Phi) is 4.28. The van der Waals surface area contributed by atoms with Gasteiger partial charge in [-0.2, -0.15) is 0 Å². The maximum absolute atomic E-state index is 12.4. The molecule has 18 heavy (non-hydrogen) atoms. The molecular formula is C14H26N2O2. The molecule has 0 aromatic heterocycles. The molecule has 2 rings (SSSR count). The van der Waals surface area contributed by atoms with Gasteiger partial charge in [0.2, 0.25) is 5.91 Å². The van der Waals surface area contributed by atoms with Crippen LogP contribution < -0.4 is 10.6 Å². The van der Waals surface area contributed by atoms with Crippen molar-refractivity contribution in [2.45, 2.75) is 69.4 Å². The third kappa shape index (κ3) is 2.86. The van der Waals surface area contributed by atoms with E-state index in [0.29, 0.717) is 6.54 Å². The third-order valence-electron chi connectivity index (χ3n) is 4.47. The van der Waals surface area contributed by atoms with E-state index in [1.807, 2.05) is 0 Å². The molecule has 4 heteroatoms. The number of aliphatic hydroxyl groups is 1. The minimum Gasteiger partial charge on any atom is -0.388 e. The SMILES string of the molecule is CCCC1(C(=O)NCC2(O)CCCC2)CCCN1. The summed E-state index contributed by atoms with van der Waals surface area (Å²) in [5.41, 5.74) is -1.02. The van der Waals surface area contributed by atoms with Crippen LogP contribution in [-0.2, 0) is 4.79 Å². The quantitative estimate of drug-likeness (QED) is 0.693. The molecule has 1 atom stereocenters. The predicted octanol–water partition coefficient (Wildman–Crippen LogP) is 1.33. The van der Waals surface area contributed by atoms with E-state index in [2.05, 4.69) is 17.6 Å². The number of nitrogens with one attached hydrogen (secondary N) is 2. The number of carbonyl (C=O) groups is 1. The first-order valence-electron chi connectivity index (χ1n) is 7.36. The normalized spacial score (nSPS) is 30.6. The van der Waals surface area contributed by atoms with Crippen LogP contribution in [0, 0.1) is 0 Å². The highest BCUT2D eigenvalue weighted by Crippen LogP contribution is 2.29. The molecular weight excluding hydrogens is 228 g/mol. The lowest BCUT2D eigenvalue weighted by Crippen LogP contribution is -2.55. The van der Waals surface area contributed by atoms with Crippen molar-refractivity contribution in [2.75, 3.05) is 13.1 Å². The molecule has 0 bridgehead atoms. The molecule has 3 N–H and O–H groups in total. The molecule has 2 aliphatic rings. The number of amides is 1. The molecule has 2 fully saturated rings.